The van der Waals surface area contributed by atoms with Gasteiger partial charge in [0.05, 0.1) is 6.04 Å². The van der Waals surface area contributed by atoms with Gasteiger partial charge in [0.2, 0.25) is 0 Å². The summed E-state index contributed by atoms with van der Waals surface area (Å²) in [5.74, 6) is 2.05. The topological polar surface area (TPSA) is 24.9 Å². The van der Waals surface area contributed by atoms with E-state index < -0.39 is 0 Å². The number of thiazole rings is 1. The number of hydrogen-bond donors (Lipinski definition) is 1. The summed E-state index contributed by atoms with van der Waals surface area (Å²) in [5.41, 5.74) is 0. The van der Waals surface area contributed by atoms with Gasteiger partial charge in [-0.05, 0) is 44.4 Å². The molecule has 0 amide bonds. The van der Waals surface area contributed by atoms with Crippen LogP contribution in [0.15, 0.2) is 6.20 Å². The van der Waals surface area contributed by atoms with E-state index >= 15 is 0 Å². The third-order valence-corrected chi connectivity index (χ3v) is 6.64. The second kappa shape index (κ2) is 6.57. The van der Waals surface area contributed by atoms with Crippen LogP contribution < -0.4 is 5.32 Å². The average molecular weight is 292 g/mol. The van der Waals surface area contributed by atoms with Crippen molar-refractivity contribution in [3.05, 3.63) is 16.1 Å². The van der Waals surface area contributed by atoms with Gasteiger partial charge in [0.25, 0.3) is 0 Å². The van der Waals surface area contributed by atoms with Gasteiger partial charge in [0.15, 0.2) is 0 Å². The first-order valence-electron chi connectivity index (χ1n) is 8.47. The smallest absolute Gasteiger partial charge is 0.109 e. The molecule has 2 aliphatic rings. The first-order valence-corrected chi connectivity index (χ1v) is 9.28. The van der Waals surface area contributed by atoms with Gasteiger partial charge >= 0.3 is 0 Å². The standard InChI is InChI=1S/C17H28N2S/c1-3-16-11-18-17(20-16)12(2)19-15-9-8-13-6-4-5-7-14(13)10-15/h11-15,19H,3-10H2,1-2H3. The minimum absolute atomic E-state index is 0.422. The summed E-state index contributed by atoms with van der Waals surface area (Å²) in [6.45, 7) is 4.49. The van der Waals surface area contributed by atoms with Gasteiger partial charge in [-0.3, -0.25) is 0 Å². The molecule has 2 saturated carbocycles. The van der Waals surface area contributed by atoms with Crippen LogP contribution in [0.4, 0.5) is 0 Å². The van der Waals surface area contributed by atoms with E-state index in [9.17, 15) is 0 Å². The summed E-state index contributed by atoms with van der Waals surface area (Å²) in [4.78, 5) is 6.00. The lowest BCUT2D eigenvalue weighted by Gasteiger charge is -2.40. The minimum atomic E-state index is 0.422. The largest absolute Gasteiger partial charge is 0.305 e. The molecule has 4 unspecified atom stereocenters. The van der Waals surface area contributed by atoms with Crippen molar-refractivity contribution in [1.29, 1.82) is 0 Å². The minimum Gasteiger partial charge on any atom is -0.305 e. The maximum Gasteiger partial charge on any atom is 0.109 e. The van der Waals surface area contributed by atoms with Gasteiger partial charge in [-0.2, -0.15) is 0 Å². The predicted molar refractivity (Wildman–Crippen MR) is 86.1 cm³/mol. The van der Waals surface area contributed by atoms with Crippen molar-refractivity contribution in [2.45, 2.75) is 77.3 Å². The van der Waals surface area contributed by atoms with E-state index in [1.165, 1.54) is 54.8 Å². The molecule has 1 N–H and O–H groups in total. The highest BCUT2D eigenvalue weighted by Crippen LogP contribution is 2.40. The Hall–Kier alpha value is -0.410. The summed E-state index contributed by atoms with van der Waals surface area (Å²) in [5, 5.41) is 5.12. The van der Waals surface area contributed by atoms with Gasteiger partial charge in [-0.1, -0.05) is 32.6 Å². The number of aryl methyl sites for hydroxylation is 1. The van der Waals surface area contributed by atoms with Crippen LogP contribution in [-0.2, 0) is 6.42 Å². The zero-order valence-electron chi connectivity index (χ0n) is 12.9. The first kappa shape index (κ1) is 14.5. The zero-order chi connectivity index (χ0) is 13.9. The molecule has 20 heavy (non-hydrogen) atoms. The molecule has 1 aromatic rings. The fourth-order valence-electron chi connectivity index (χ4n) is 4.14. The molecule has 112 valence electrons. The Balaban J connectivity index is 1.55. The van der Waals surface area contributed by atoms with Crippen LogP contribution in [0.2, 0.25) is 0 Å². The van der Waals surface area contributed by atoms with Crippen LogP contribution in [0, 0.1) is 11.8 Å². The predicted octanol–water partition coefficient (Wildman–Crippen LogP) is 4.72. The third kappa shape index (κ3) is 3.25. The molecule has 0 spiro atoms. The monoisotopic (exact) mass is 292 g/mol. The van der Waals surface area contributed by atoms with Crippen LogP contribution in [0.25, 0.3) is 0 Å². The molecule has 1 heterocycles. The highest BCUT2D eigenvalue weighted by molar-refractivity contribution is 7.11. The number of nitrogens with zero attached hydrogens (tertiary/aromatic N) is 1. The van der Waals surface area contributed by atoms with E-state index in [1.807, 2.05) is 11.3 Å². The van der Waals surface area contributed by atoms with Crippen LogP contribution in [0.1, 0.15) is 74.7 Å². The molecule has 0 bridgehead atoms. The van der Waals surface area contributed by atoms with E-state index in [2.05, 4.69) is 30.3 Å². The Morgan fingerprint density at radius 2 is 2.05 bits per heavy atom. The van der Waals surface area contributed by atoms with Crippen molar-refractivity contribution in [2.24, 2.45) is 11.8 Å². The molecule has 4 atom stereocenters. The number of hydrogen-bond acceptors (Lipinski definition) is 3. The summed E-state index contributed by atoms with van der Waals surface area (Å²) in [7, 11) is 0. The molecule has 0 aromatic carbocycles. The average Bonchev–Trinajstić information content (AvgIpc) is 2.96. The molecule has 2 fully saturated rings. The normalized spacial score (nSPS) is 31.8. The van der Waals surface area contributed by atoms with E-state index in [0.29, 0.717) is 6.04 Å². The first-order chi connectivity index (χ1) is 9.76. The van der Waals surface area contributed by atoms with E-state index in [-0.39, 0.29) is 0 Å². The van der Waals surface area contributed by atoms with Crippen LogP contribution >= 0.6 is 11.3 Å². The maximum atomic E-state index is 4.59. The molecule has 2 aliphatic carbocycles. The van der Waals surface area contributed by atoms with Crippen molar-refractivity contribution in [2.75, 3.05) is 0 Å². The highest BCUT2D eigenvalue weighted by Gasteiger charge is 2.32. The molecule has 0 aliphatic heterocycles. The summed E-state index contributed by atoms with van der Waals surface area (Å²) in [6, 6.07) is 1.14. The molecule has 1 aromatic heterocycles. The molecular weight excluding hydrogens is 264 g/mol. The van der Waals surface area contributed by atoms with Crippen molar-refractivity contribution in [3.63, 3.8) is 0 Å². The Kier molecular flexibility index (Phi) is 4.77. The van der Waals surface area contributed by atoms with Gasteiger partial charge < -0.3 is 5.32 Å². The summed E-state index contributed by atoms with van der Waals surface area (Å²) >= 11 is 1.88. The molecule has 0 saturated heterocycles. The van der Waals surface area contributed by atoms with Crippen LogP contribution in [0.3, 0.4) is 0 Å². The molecule has 3 rings (SSSR count). The van der Waals surface area contributed by atoms with Crippen molar-refractivity contribution >= 4 is 11.3 Å². The maximum absolute atomic E-state index is 4.59. The fourth-order valence-corrected chi connectivity index (χ4v) is 5.00. The number of nitrogens with one attached hydrogen (secondary N) is 1. The van der Waals surface area contributed by atoms with Gasteiger partial charge in [0, 0.05) is 17.1 Å². The zero-order valence-corrected chi connectivity index (χ0v) is 13.7. The number of aromatic nitrogens is 1. The van der Waals surface area contributed by atoms with E-state index in [1.54, 1.807) is 0 Å². The lowest BCUT2D eigenvalue weighted by Crippen LogP contribution is -2.39. The number of rotatable bonds is 4. The van der Waals surface area contributed by atoms with E-state index in [0.717, 1.165) is 24.3 Å². The van der Waals surface area contributed by atoms with Crippen molar-refractivity contribution in [3.8, 4) is 0 Å². The van der Waals surface area contributed by atoms with Gasteiger partial charge in [-0.15, -0.1) is 11.3 Å². The molecule has 3 heteroatoms. The molecular formula is C17H28N2S. The quantitative estimate of drug-likeness (QED) is 0.869. The Labute approximate surface area is 127 Å². The Bertz CT molecular complexity index is 428. The summed E-state index contributed by atoms with van der Waals surface area (Å²) < 4.78 is 0. The van der Waals surface area contributed by atoms with Crippen molar-refractivity contribution in [1.82, 2.24) is 10.3 Å². The fraction of sp³-hybridized carbons (Fsp3) is 0.824. The lowest BCUT2D eigenvalue weighted by molar-refractivity contribution is 0.139. The number of fused-ring (bicyclic) bond motifs is 1. The molecule has 0 radical (unpaired) electrons. The van der Waals surface area contributed by atoms with Crippen molar-refractivity contribution < 1.29 is 0 Å². The van der Waals surface area contributed by atoms with E-state index in [4.69, 9.17) is 0 Å². The highest BCUT2D eigenvalue weighted by atomic mass is 32.1. The van der Waals surface area contributed by atoms with Gasteiger partial charge in [0.1, 0.15) is 5.01 Å². The second-order valence-corrected chi connectivity index (χ2v) is 7.87. The van der Waals surface area contributed by atoms with Gasteiger partial charge in [-0.25, -0.2) is 4.98 Å². The second-order valence-electron chi connectivity index (χ2n) is 6.72. The summed E-state index contributed by atoms with van der Waals surface area (Å²) in [6.07, 6.45) is 13.3. The SMILES string of the molecule is CCc1cnc(C(C)NC2CCC3CCCCC3C2)s1. The van der Waals surface area contributed by atoms with Crippen LogP contribution in [0.5, 0.6) is 0 Å². The third-order valence-electron chi connectivity index (χ3n) is 5.32. The Morgan fingerprint density at radius 1 is 1.25 bits per heavy atom. The lowest BCUT2D eigenvalue weighted by atomic mass is 9.69. The Morgan fingerprint density at radius 3 is 2.80 bits per heavy atom. The van der Waals surface area contributed by atoms with Crippen LogP contribution in [-0.4, -0.2) is 11.0 Å². The molecule has 2 nitrogen and oxygen atoms in total.